The summed E-state index contributed by atoms with van der Waals surface area (Å²) in [7, 11) is 0. The fraction of sp³-hybridized carbons (Fsp3) is 0.300. The maximum absolute atomic E-state index is 5.88. The van der Waals surface area contributed by atoms with Gasteiger partial charge in [-0.1, -0.05) is 23.2 Å². The molecule has 0 bridgehead atoms. The Morgan fingerprint density at radius 3 is 1.86 bits per heavy atom. The van der Waals surface area contributed by atoms with Crippen molar-refractivity contribution in [3.63, 3.8) is 0 Å². The van der Waals surface area contributed by atoms with Gasteiger partial charge >= 0.3 is 0 Å². The molecule has 0 spiro atoms. The molecular weight excluding hydrogens is 639 g/mol. The van der Waals surface area contributed by atoms with Crippen LogP contribution in [0.1, 0.15) is 19.3 Å². The summed E-state index contributed by atoms with van der Waals surface area (Å²) in [4.78, 5) is 19.4. The van der Waals surface area contributed by atoms with E-state index in [1.165, 1.54) is 28.2 Å². The van der Waals surface area contributed by atoms with Crippen molar-refractivity contribution >= 4 is 78.3 Å². The second-order valence-electron chi connectivity index (χ2n) is 8.08. The smallest absolute Gasteiger partial charge is 0.254 e. The average molecular weight is 659 g/mol. The molecule has 0 unspecified atom stereocenters. The number of rotatable bonds is 5. The highest BCUT2D eigenvalue weighted by molar-refractivity contribution is 9.11. The van der Waals surface area contributed by atoms with Gasteiger partial charge in [0.1, 0.15) is 26.4 Å². The molecule has 36 heavy (non-hydrogen) atoms. The minimum absolute atomic E-state index is 0.370. The number of hydrogen-bond donors (Lipinski definition) is 3. The number of nitrogens with one attached hydrogen (secondary N) is 1. The Morgan fingerprint density at radius 1 is 0.833 bits per heavy atom. The average Bonchev–Trinajstić information content (AvgIpc) is 3.34. The van der Waals surface area contributed by atoms with Gasteiger partial charge < -0.3 is 21.7 Å². The summed E-state index contributed by atoms with van der Waals surface area (Å²) in [5.74, 6) is 3.07. The summed E-state index contributed by atoms with van der Waals surface area (Å²) >= 11 is 18.5. The lowest BCUT2D eigenvalue weighted by atomic mass is 10.2. The van der Waals surface area contributed by atoms with Crippen molar-refractivity contribution in [2.24, 2.45) is 0 Å². The van der Waals surface area contributed by atoms with Crippen LogP contribution in [-0.4, -0.2) is 58.6 Å². The lowest BCUT2D eigenvalue weighted by Gasteiger charge is -2.32. The van der Waals surface area contributed by atoms with Crippen molar-refractivity contribution in [3.8, 4) is 11.9 Å². The normalized spacial score (nSPS) is 14.7. The molecule has 1 aliphatic carbocycles. The van der Waals surface area contributed by atoms with Gasteiger partial charge in [-0.3, -0.25) is 0 Å². The third-order valence-corrected chi connectivity index (χ3v) is 7.23. The third-order valence-electron chi connectivity index (χ3n) is 5.30. The van der Waals surface area contributed by atoms with E-state index in [4.69, 9.17) is 34.7 Å². The highest BCUT2D eigenvalue weighted by Crippen LogP contribution is 2.32. The van der Waals surface area contributed by atoms with Crippen molar-refractivity contribution in [1.29, 1.82) is 0 Å². The summed E-state index contributed by atoms with van der Waals surface area (Å²) < 4.78 is 4.40. The summed E-state index contributed by atoms with van der Waals surface area (Å²) in [6.07, 6.45) is 9.80. The molecule has 0 atom stereocenters. The van der Waals surface area contributed by atoms with Gasteiger partial charge in [0.05, 0.1) is 34.8 Å². The number of aromatic nitrogens is 8. The summed E-state index contributed by atoms with van der Waals surface area (Å²) in [6, 6.07) is 0.477. The van der Waals surface area contributed by atoms with Crippen LogP contribution in [0, 0.1) is 0 Å². The molecule has 4 aromatic rings. The van der Waals surface area contributed by atoms with Gasteiger partial charge in [-0.25, -0.2) is 9.36 Å². The van der Waals surface area contributed by atoms with E-state index in [0.717, 1.165) is 36.2 Å². The van der Waals surface area contributed by atoms with Gasteiger partial charge in [0.2, 0.25) is 0 Å². The van der Waals surface area contributed by atoms with E-state index in [0.29, 0.717) is 49.9 Å². The lowest BCUT2D eigenvalue weighted by Crippen LogP contribution is -2.38. The molecule has 2 fully saturated rings. The second-order valence-corrected chi connectivity index (χ2v) is 10.5. The Kier molecular flexibility index (Phi) is 7.19. The molecule has 1 saturated heterocycles. The van der Waals surface area contributed by atoms with Gasteiger partial charge in [0, 0.05) is 19.1 Å². The topological polar surface area (TPSA) is 155 Å². The number of anilines is 4. The minimum Gasteiger partial charge on any atom is -0.383 e. The van der Waals surface area contributed by atoms with Crippen molar-refractivity contribution in [3.05, 3.63) is 43.8 Å². The maximum Gasteiger partial charge on any atom is 0.254 e. The summed E-state index contributed by atoms with van der Waals surface area (Å²) in [5.41, 5.74) is 11.7. The van der Waals surface area contributed by atoms with E-state index in [-0.39, 0.29) is 0 Å². The number of nitrogen functional groups attached to an aromatic ring is 2. The molecule has 1 saturated carbocycles. The quantitative estimate of drug-likeness (QED) is 0.285. The zero-order chi connectivity index (χ0) is 25.4. The van der Waals surface area contributed by atoms with Gasteiger partial charge in [-0.2, -0.15) is 30.1 Å². The third kappa shape index (κ3) is 5.51. The van der Waals surface area contributed by atoms with Gasteiger partial charge in [-0.15, -0.1) is 0 Å². The van der Waals surface area contributed by atoms with Crippen LogP contribution < -0.4 is 21.7 Å². The van der Waals surface area contributed by atoms with Crippen LogP contribution in [-0.2, 0) is 0 Å². The standard InChI is InChI=1S/2C10H10BrClN6/c11-7-8(13)16-10(18-4-5(12)3-14-18)17-9(7)15-6-1-2-6;11-7-8(13)15-10(18-5-6(12)4-14-18)16-9(7)17-2-1-3-17/h3-4,6H,1-2H2,(H3,13,15,16,17);4-5H,1-3H2,(H2,13,15,16). The van der Waals surface area contributed by atoms with Crippen molar-refractivity contribution in [2.45, 2.75) is 25.3 Å². The fourth-order valence-electron chi connectivity index (χ4n) is 3.17. The molecule has 5 N–H and O–H groups in total. The first kappa shape index (κ1) is 25.0. The SMILES string of the molecule is Nc1nc(-n2cc(Cl)cn2)nc(N2CCC2)c1Br.Nc1nc(-n2cc(Cl)cn2)nc(NC2CC2)c1Br. The molecule has 2 aliphatic rings. The molecule has 0 radical (unpaired) electrons. The zero-order valence-corrected chi connectivity index (χ0v) is 23.3. The first-order valence-corrected chi connectivity index (χ1v) is 13.2. The van der Waals surface area contributed by atoms with E-state index in [9.17, 15) is 0 Å². The fourth-order valence-corrected chi connectivity index (χ4v) is 4.16. The molecule has 12 nitrogen and oxygen atoms in total. The Balaban J connectivity index is 0.000000148. The van der Waals surface area contributed by atoms with Crippen LogP contribution in [0.15, 0.2) is 33.7 Å². The Morgan fingerprint density at radius 2 is 1.39 bits per heavy atom. The van der Waals surface area contributed by atoms with E-state index >= 15 is 0 Å². The highest BCUT2D eigenvalue weighted by Gasteiger charge is 2.24. The van der Waals surface area contributed by atoms with E-state index in [1.807, 2.05) is 0 Å². The van der Waals surface area contributed by atoms with Crippen LogP contribution in [0.25, 0.3) is 11.9 Å². The minimum atomic E-state index is 0.370. The highest BCUT2D eigenvalue weighted by atomic mass is 79.9. The first-order valence-electron chi connectivity index (χ1n) is 10.9. The van der Waals surface area contributed by atoms with E-state index < -0.39 is 0 Å². The number of halogens is 4. The molecule has 0 aromatic carbocycles. The van der Waals surface area contributed by atoms with Crippen LogP contribution in [0.2, 0.25) is 10.0 Å². The molecule has 4 aromatic heterocycles. The lowest BCUT2D eigenvalue weighted by molar-refractivity contribution is 0.605. The van der Waals surface area contributed by atoms with Gasteiger partial charge in [-0.05, 0) is 51.1 Å². The summed E-state index contributed by atoms with van der Waals surface area (Å²) in [6.45, 7) is 1.96. The predicted octanol–water partition coefficient (Wildman–Crippen LogP) is 4.11. The maximum atomic E-state index is 5.88. The van der Waals surface area contributed by atoms with Crippen molar-refractivity contribution < 1.29 is 0 Å². The largest absolute Gasteiger partial charge is 0.383 e. The Bertz CT molecular complexity index is 1400. The number of nitrogens with zero attached hydrogens (tertiary/aromatic N) is 9. The molecule has 0 amide bonds. The van der Waals surface area contributed by atoms with E-state index in [1.54, 1.807) is 12.4 Å². The second kappa shape index (κ2) is 10.4. The molecule has 16 heteroatoms. The van der Waals surface area contributed by atoms with Crippen LogP contribution in [0.4, 0.5) is 23.3 Å². The monoisotopic (exact) mass is 656 g/mol. The van der Waals surface area contributed by atoms with Gasteiger partial charge in [0.15, 0.2) is 5.82 Å². The number of hydrogen-bond acceptors (Lipinski definition) is 10. The molecule has 188 valence electrons. The van der Waals surface area contributed by atoms with Crippen LogP contribution in [0.5, 0.6) is 0 Å². The molecular formula is C20H20Br2Cl2N12. The van der Waals surface area contributed by atoms with Gasteiger partial charge in [0.25, 0.3) is 11.9 Å². The summed E-state index contributed by atoms with van der Waals surface area (Å²) in [5, 5.41) is 12.5. The molecule has 5 heterocycles. The van der Waals surface area contributed by atoms with E-state index in [2.05, 4.69) is 72.2 Å². The molecule has 6 rings (SSSR count). The zero-order valence-electron chi connectivity index (χ0n) is 18.6. The first-order chi connectivity index (χ1) is 17.3. The molecule has 1 aliphatic heterocycles. The Labute approximate surface area is 232 Å². The predicted molar refractivity (Wildman–Crippen MR) is 146 cm³/mol. The number of nitrogens with two attached hydrogens (primary N) is 2. The van der Waals surface area contributed by atoms with Crippen molar-refractivity contribution in [2.75, 3.05) is 34.8 Å². The van der Waals surface area contributed by atoms with Crippen LogP contribution in [0.3, 0.4) is 0 Å². The van der Waals surface area contributed by atoms with Crippen LogP contribution >= 0.6 is 55.1 Å². The Hall–Kier alpha value is -2.68. The van der Waals surface area contributed by atoms with Crippen molar-refractivity contribution in [1.82, 2.24) is 39.5 Å².